The summed E-state index contributed by atoms with van der Waals surface area (Å²) >= 11 is 0. The van der Waals surface area contributed by atoms with Gasteiger partial charge in [0.25, 0.3) is 0 Å². The summed E-state index contributed by atoms with van der Waals surface area (Å²) < 4.78 is 35.3. The van der Waals surface area contributed by atoms with E-state index in [4.69, 9.17) is 5.11 Å². The van der Waals surface area contributed by atoms with Crippen LogP contribution in [0, 0.1) is 0 Å². The molecule has 0 aliphatic heterocycles. The molecule has 0 amide bonds. The molecular weight excluding hydrogens is 193 g/mol. The molecule has 1 N–H and O–H groups in total. The summed E-state index contributed by atoms with van der Waals surface area (Å²) in [5.41, 5.74) is 0. The van der Waals surface area contributed by atoms with Crippen molar-refractivity contribution in [1.82, 2.24) is 0 Å². The molecule has 4 heteroatoms. The summed E-state index contributed by atoms with van der Waals surface area (Å²) in [4.78, 5) is 0. The Kier molecular flexibility index (Phi) is 6.62. The van der Waals surface area contributed by atoms with E-state index in [9.17, 15) is 13.2 Å². The molecule has 1 nitrogen and oxygen atoms in total. The molecule has 0 unspecified atom stereocenters. The highest BCUT2D eigenvalue weighted by Crippen LogP contribution is 2.20. The minimum Gasteiger partial charge on any atom is -0.380 e. The first-order valence-electron chi connectivity index (χ1n) is 4.90. The van der Waals surface area contributed by atoms with Gasteiger partial charge in [0.05, 0.1) is 0 Å². The first-order valence-corrected chi connectivity index (χ1v) is 4.90. The van der Waals surface area contributed by atoms with Crippen molar-refractivity contribution < 1.29 is 18.3 Å². The number of aliphatic hydroxyl groups excluding tert-OH is 1. The first-order chi connectivity index (χ1) is 6.48. The second kappa shape index (κ2) is 6.87. The standard InChI is InChI=1S/C10H17F3O/c1-2-3-4-5-6-7-8-9(14)10(11,12)13/h7-9,14H,2-6H2,1H3/b8-7-/t9-/m0/s1. The zero-order chi connectivity index (χ0) is 11.0. The molecule has 0 aliphatic carbocycles. The predicted octanol–water partition coefficient (Wildman–Crippen LogP) is 3.44. The number of allylic oxidation sites excluding steroid dienone is 1. The normalized spacial score (nSPS) is 14.9. The van der Waals surface area contributed by atoms with Crippen LogP contribution in [0.3, 0.4) is 0 Å². The SMILES string of the molecule is CCCCCC/C=C\[C@H](O)C(F)(F)F. The van der Waals surface area contributed by atoms with Crippen LogP contribution in [0.2, 0.25) is 0 Å². The Morgan fingerprint density at radius 3 is 2.36 bits per heavy atom. The summed E-state index contributed by atoms with van der Waals surface area (Å²) in [5, 5.41) is 8.58. The van der Waals surface area contributed by atoms with Crippen LogP contribution in [-0.4, -0.2) is 17.4 Å². The average Bonchev–Trinajstić information content (AvgIpc) is 2.09. The first kappa shape index (κ1) is 13.5. The second-order valence-corrected chi connectivity index (χ2v) is 3.26. The monoisotopic (exact) mass is 210 g/mol. The number of halogens is 3. The Balaban J connectivity index is 3.53. The van der Waals surface area contributed by atoms with Gasteiger partial charge in [-0.1, -0.05) is 38.3 Å². The molecule has 14 heavy (non-hydrogen) atoms. The Morgan fingerprint density at radius 1 is 1.21 bits per heavy atom. The van der Waals surface area contributed by atoms with Crippen molar-refractivity contribution in [2.45, 2.75) is 51.3 Å². The van der Waals surface area contributed by atoms with Gasteiger partial charge in [-0.2, -0.15) is 13.2 Å². The van der Waals surface area contributed by atoms with Gasteiger partial charge < -0.3 is 5.11 Å². The molecule has 0 bridgehead atoms. The quantitative estimate of drug-likeness (QED) is 0.526. The van der Waals surface area contributed by atoms with Gasteiger partial charge in [0.15, 0.2) is 6.10 Å². The lowest BCUT2D eigenvalue weighted by Gasteiger charge is -2.09. The van der Waals surface area contributed by atoms with Crippen molar-refractivity contribution in [3.8, 4) is 0 Å². The van der Waals surface area contributed by atoms with E-state index in [1.54, 1.807) is 0 Å². The highest BCUT2D eigenvalue weighted by molar-refractivity contribution is 4.92. The summed E-state index contributed by atoms with van der Waals surface area (Å²) in [7, 11) is 0. The van der Waals surface area contributed by atoms with Crippen LogP contribution < -0.4 is 0 Å². The Hall–Kier alpha value is -0.510. The van der Waals surface area contributed by atoms with Gasteiger partial charge in [0.1, 0.15) is 0 Å². The summed E-state index contributed by atoms with van der Waals surface area (Å²) in [6, 6.07) is 0. The van der Waals surface area contributed by atoms with Crippen LogP contribution in [-0.2, 0) is 0 Å². The maximum atomic E-state index is 11.8. The van der Waals surface area contributed by atoms with Crippen LogP contribution in [0.5, 0.6) is 0 Å². The van der Waals surface area contributed by atoms with E-state index in [0.29, 0.717) is 6.42 Å². The number of aliphatic hydroxyl groups is 1. The van der Waals surface area contributed by atoms with Crippen molar-refractivity contribution >= 4 is 0 Å². The van der Waals surface area contributed by atoms with Crippen LogP contribution in [0.15, 0.2) is 12.2 Å². The Bertz CT molecular complexity index is 163. The van der Waals surface area contributed by atoms with Gasteiger partial charge in [-0.15, -0.1) is 0 Å². The van der Waals surface area contributed by atoms with E-state index >= 15 is 0 Å². The fourth-order valence-corrected chi connectivity index (χ4v) is 1.02. The molecule has 0 rings (SSSR count). The van der Waals surface area contributed by atoms with E-state index in [1.165, 1.54) is 6.08 Å². The lowest BCUT2D eigenvalue weighted by Crippen LogP contribution is -2.25. The molecule has 1 atom stereocenters. The molecule has 0 aromatic rings. The Labute approximate surface area is 82.6 Å². The van der Waals surface area contributed by atoms with Crippen molar-refractivity contribution in [3.05, 3.63) is 12.2 Å². The number of unbranched alkanes of at least 4 members (excludes halogenated alkanes) is 4. The summed E-state index contributed by atoms with van der Waals surface area (Å²) in [6.45, 7) is 2.07. The van der Waals surface area contributed by atoms with Gasteiger partial charge >= 0.3 is 6.18 Å². The molecule has 84 valence electrons. The second-order valence-electron chi connectivity index (χ2n) is 3.26. The smallest absolute Gasteiger partial charge is 0.380 e. The number of hydrogen-bond donors (Lipinski definition) is 1. The third-order valence-electron chi connectivity index (χ3n) is 1.88. The third kappa shape index (κ3) is 6.95. The van der Waals surface area contributed by atoms with E-state index in [2.05, 4.69) is 6.92 Å². The fraction of sp³-hybridized carbons (Fsp3) is 0.800. The van der Waals surface area contributed by atoms with Crippen LogP contribution in [0.4, 0.5) is 13.2 Å². The number of alkyl halides is 3. The topological polar surface area (TPSA) is 20.2 Å². The van der Waals surface area contributed by atoms with E-state index in [0.717, 1.165) is 31.8 Å². The van der Waals surface area contributed by atoms with E-state index < -0.39 is 12.3 Å². The fourth-order valence-electron chi connectivity index (χ4n) is 1.02. The predicted molar refractivity (Wildman–Crippen MR) is 50.0 cm³/mol. The minimum atomic E-state index is -4.53. The highest BCUT2D eigenvalue weighted by Gasteiger charge is 2.35. The van der Waals surface area contributed by atoms with Crippen molar-refractivity contribution in [1.29, 1.82) is 0 Å². The largest absolute Gasteiger partial charge is 0.417 e. The van der Waals surface area contributed by atoms with Gasteiger partial charge in [-0.05, 0) is 12.8 Å². The molecule has 0 fully saturated rings. The van der Waals surface area contributed by atoms with Crippen molar-refractivity contribution in [2.24, 2.45) is 0 Å². The van der Waals surface area contributed by atoms with Crippen LogP contribution in [0.1, 0.15) is 39.0 Å². The highest BCUT2D eigenvalue weighted by atomic mass is 19.4. The molecule has 0 heterocycles. The molecule has 0 saturated heterocycles. The van der Waals surface area contributed by atoms with Crippen LogP contribution in [0.25, 0.3) is 0 Å². The molecular formula is C10H17F3O. The summed E-state index contributed by atoms with van der Waals surface area (Å²) in [6.07, 6.45) is 0.101. The lowest BCUT2D eigenvalue weighted by molar-refractivity contribution is -0.187. The van der Waals surface area contributed by atoms with Gasteiger partial charge in [-0.3, -0.25) is 0 Å². The van der Waals surface area contributed by atoms with Crippen molar-refractivity contribution in [3.63, 3.8) is 0 Å². The zero-order valence-corrected chi connectivity index (χ0v) is 8.35. The van der Waals surface area contributed by atoms with E-state index in [1.807, 2.05) is 0 Å². The lowest BCUT2D eigenvalue weighted by atomic mass is 10.1. The number of hydrogen-bond acceptors (Lipinski definition) is 1. The summed E-state index contributed by atoms with van der Waals surface area (Å²) in [5.74, 6) is 0. The van der Waals surface area contributed by atoms with Gasteiger partial charge in [0, 0.05) is 0 Å². The molecule has 0 aromatic carbocycles. The zero-order valence-electron chi connectivity index (χ0n) is 8.35. The maximum Gasteiger partial charge on any atom is 0.417 e. The third-order valence-corrected chi connectivity index (χ3v) is 1.88. The van der Waals surface area contributed by atoms with Gasteiger partial charge in [0.2, 0.25) is 0 Å². The maximum absolute atomic E-state index is 11.8. The molecule has 0 radical (unpaired) electrons. The van der Waals surface area contributed by atoms with Crippen molar-refractivity contribution in [2.75, 3.05) is 0 Å². The van der Waals surface area contributed by atoms with Crippen LogP contribution >= 0.6 is 0 Å². The van der Waals surface area contributed by atoms with E-state index in [-0.39, 0.29) is 0 Å². The average molecular weight is 210 g/mol. The molecule has 0 aromatic heterocycles. The molecule has 0 aliphatic rings. The molecule has 0 spiro atoms. The van der Waals surface area contributed by atoms with Gasteiger partial charge in [-0.25, -0.2) is 0 Å². The minimum absolute atomic E-state index is 0.604. The molecule has 0 saturated carbocycles. The Morgan fingerprint density at radius 2 is 1.86 bits per heavy atom. The number of rotatable bonds is 6.